The lowest BCUT2D eigenvalue weighted by Gasteiger charge is -2.30. The smallest absolute Gasteiger partial charge is 0.323 e. The highest BCUT2D eigenvalue weighted by molar-refractivity contribution is 6.07. The van der Waals surface area contributed by atoms with Crippen LogP contribution in [0.25, 0.3) is 0 Å². The molecule has 0 spiro atoms. The number of hydrogen-bond acceptors (Lipinski definition) is 4. The van der Waals surface area contributed by atoms with Crippen LogP contribution < -0.4 is 15.2 Å². The Hall–Kier alpha value is -3.09. The fourth-order valence-electron chi connectivity index (χ4n) is 2.81. The second-order valence-corrected chi connectivity index (χ2v) is 5.71. The summed E-state index contributed by atoms with van der Waals surface area (Å²) in [6.07, 6.45) is 2.17. The largest absolute Gasteiger partial charge is 0.490 e. The third kappa shape index (κ3) is 3.26. The lowest BCUT2D eigenvalue weighted by molar-refractivity contribution is -0.137. The van der Waals surface area contributed by atoms with Crippen LogP contribution in [0.2, 0.25) is 0 Å². The van der Waals surface area contributed by atoms with Gasteiger partial charge in [0.15, 0.2) is 0 Å². The molecule has 0 radical (unpaired) electrons. The highest BCUT2D eigenvalue weighted by Crippen LogP contribution is 2.33. The van der Waals surface area contributed by atoms with Crippen LogP contribution in [0.1, 0.15) is 22.8 Å². The van der Waals surface area contributed by atoms with Gasteiger partial charge in [-0.2, -0.15) is 0 Å². The van der Waals surface area contributed by atoms with Crippen LogP contribution in [0.15, 0.2) is 41.3 Å². The molecule has 1 aliphatic heterocycles. The van der Waals surface area contributed by atoms with Crippen LogP contribution >= 0.6 is 0 Å². The van der Waals surface area contributed by atoms with E-state index < -0.39 is 24.0 Å². The molecular weight excluding hydrogens is 324 g/mol. The first-order valence-corrected chi connectivity index (χ1v) is 8.00. The quantitative estimate of drug-likeness (QED) is 0.910. The van der Waals surface area contributed by atoms with E-state index in [9.17, 15) is 14.4 Å². The van der Waals surface area contributed by atoms with Gasteiger partial charge in [0.2, 0.25) is 0 Å². The van der Waals surface area contributed by atoms with Gasteiger partial charge < -0.3 is 19.3 Å². The number of hydrogen-bond donors (Lipinski definition) is 1. The molecule has 3 rings (SSSR count). The minimum Gasteiger partial charge on any atom is -0.490 e. The van der Waals surface area contributed by atoms with Crippen molar-refractivity contribution in [1.82, 2.24) is 4.57 Å². The van der Waals surface area contributed by atoms with Crippen molar-refractivity contribution in [3.8, 4) is 5.75 Å². The average Bonchev–Trinajstić information content (AvgIpc) is 2.61. The SMILES string of the molecule is CCc1ccc2c(c1)N(C(=O)c1cccn(CC(=O)O)c1=O)CCO2. The number of aromatic nitrogens is 1. The topological polar surface area (TPSA) is 88.8 Å². The number of pyridine rings is 1. The number of nitrogens with zero attached hydrogens (tertiary/aromatic N) is 2. The van der Waals surface area contributed by atoms with Gasteiger partial charge in [-0.05, 0) is 36.2 Å². The normalized spacial score (nSPS) is 13.1. The number of carbonyl (C=O) groups excluding carboxylic acids is 1. The molecule has 0 saturated carbocycles. The van der Waals surface area contributed by atoms with E-state index in [2.05, 4.69) is 0 Å². The maximum absolute atomic E-state index is 12.9. The molecule has 1 N–H and O–H groups in total. The van der Waals surface area contributed by atoms with E-state index in [4.69, 9.17) is 9.84 Å². The predicted molar refractivity (Wildman–Crippen MR) is 91.3 cm³/mol. The summed E-state index contributed by atoms with van der Waals surface area (Å²) in [6.45, 7) is 2.19. The van der Waals surface area contributed by atoms with Crippen molar-refractivity contribution in [3.05, 3.63) is 58.0 Å². The highest BCUT2D eigenvalue weighted by Gasteiger charge is 2.27. The molecule has 0 atom stereocenters. The van der Waals surface area contributed by atoms with E-state index in [1.807, 2.05) is 25.1 Å². The molecule has 1 amide bonds. The van der Waals surface area contributed by atoms with Gasteiger partial charge in [-0.3, -0.25) is 14.4 Å². The molecule has 7 heteroatoms. The summed E-state index contributed by atoms with van der Waals surface area (Å²) < 4.78 is 6.60. The average molecular weight is 342 g/mol. The summed E-state index contributed by atoms with van der Waals surface area (Å²) in [5.74, 6) is -1.00. The van der Waals surface area contributed by atoms with Gasteiger partial charge >= 0.3 is 5.97 Å². The Balaban J connectivity index is 2.01. The van der Waals surface area contributed by atoms with Crippen molar-refractivity contribution in [2.75, 3.05) is 18.1 Å². The standard InChI is InChI=1S/C18H18N2O5/c1-2-12-5-6-15-14(10-12)20(8-9-25-15)18(24)13-4-3-7-19(17(13)23)11-16(21)22/h3-7,10H,2,8-9,11H2,1H3,(H,21,22). The number of aryl methyl sites for hydroxylation is 1. The molecular formula is C18H18N2O5. The van der Waals surface area contributed by atoms with Crippen LogP contribution in [0.5, 0.6) is 5.75 Å². The molecule has 0 aliphatic carbocycles. The van der Waals surface area contributed by atoms with Crippen molar-refractivity contribution in [2.45, 2.75) is 19.9 Å². The number of carboxylic acid groups (broad SMARTS) is 1. The lowest BCUT2D eigenvalue weighted by Crippen LogP contribution is -2.41. The summed E-state index contributed by atoms with van der Waals surface area (Å²) in [5, 5.41) is 8.89. The van der Waals surface area contributed by atoms with E-state index in [0.717, 1.165) is 16.6 Å². The minimum atomic E-state index is -1.14. The Morgan fingerprint density at radius 3 is 2.80 bits per heavy atom. The fourth-order valence-corrected chi connectivity index (χ4v) is 2.81. The lowest BCUT2D eigenvalue weighted by atomic mass is 10.1. The number of amides is 1. The molecule has 130 valence electrons. The summed E-state index contributed by atoms with van der Waals surface area (Å²) in [5.41, 5.74) is 1.01. The molecule has 1 aliphatic rings. The van der Waals surface area contributed by atoms with Crippen molar-refractivity contribution in [1.29, 1.82) is 0 Å². The van der Waals surface area contributed by atoms with Crippen LogP contribution in [-0.4, -0.2) is 34.7 Å². The maximum atomic E-state index is 12.9. The Morgan fingerprint density at radius 2 is 2.08 bits per heavy atom. The first-order chi connectivity index (χ1) is 12.0. The van der Waals surface area contributed by atoms with Crippen molar-refractivity contribution in [2.24, 2.45) is 0 Å². The second kappa shape index (κ2) is 6.80. The molecule has 1 aromatic heterocycles. The Bertz CT molecular complexity index is 887. The number of ether oxygens (including phenoxy) is 1. The van der Waals surface area contributed by atoms with Crippen LogP contribution in [0.3, 0.4) is 0 Å². The van der Waals surface area contributed by atoms with E-state index >= 15 is 0 Å². The summed E-state index contributed by atoms with van der Waals surface area (Å²) in [6, 6.07) is 8.56. The zero-order valence-electron chi connectivity index (χ0n) is 13.8. The van der Waals surface area contributed by atoms with Crippen molar-refractivity contribution < 1.29 is 19.4 Å². The predicted octanol–water partition coefficient (Wildman–Crippen LogP) is 1.53. The van der Waals surface area contributed by atoms with Gasteiger partial charge in [0.05, 0.1) is 12.2 Å². The maximum Gasteiger partial charge on any atom is 0.323 e. The molecule has 0 fully saturated rings. The fraction of sp³-hybridized carbons (Fsp3) is 0.278. The molecule has 2 heterocycles. The monoisotopic (exact) mass is 342 g/mol. The molecule has 0 saturated heterocycles. The number of aliphatic carboxylic acids is 1. The summed E-state index contributed by atoms with van der Waals surface area (Å²) >= 11 is 0. The zero-order chi connectivity index (χ0) is 18.0. The number of fused-ring (bicyclic) bond motifs is 1. The van der Waals surface area contributed by atoms with Gasteiger partial charge in [-0.25, -0.2) is 0 Å². The Morgan fingerprint density at radius 1 is 1.28 bits per heavy atom. The molecule has 0 unspecified atom stereocenters. The number of benzene rings is 1. The van der Waals surface area contributed by atoms with E-state index in [1.165, 1.54) is 23.2 Å². The number of rotatable bonds is 4. The van der Waals surface area contributed by atoms with E-state index in [1.54, 1.807) is 0 Å². The Labute approximate surface area is 144 Å². The summed E-state index contributed by atoms with van der Waals surface area (Å²) in [7, 11) is 0. The third-order valence-corrected chi connectivity index (χ3v) is 4.10. The molecule has 25 heavy (non-hydrogen) atoms. The molecule has 0 bridgehead atoms. The number of carbonyl (C=O) groups is 2. The van der Waals surface area contributed by atoms with Crippen molar-refractivity contribution >= 4 is 17.6 Å². The van der Waals surface area contributed by atoms with Crippen LogP contribution in [0.4, 0.5) is 5.69 Å². The number of carboxylic acids is 1. The van der Waals surface area contributed by atoms with Gasteiger partial charge in [-0.1, -0.05) is 13.0 Å². The van der Waals surface area contributed by atoms with Crippen molar-refractivity contribution in [3.63, 3.8) is 0 Å². The van der Waals surface area contributed by atoms with Gasteiger partial charge in [0.1, 0.15) is 24.5 Å². The van der Waals surface area contributed by atoms with Gasteiger partial charge in [0, 0.05) is 6.20 Å². The highest BCUT2D eigenvalue weighted by atomic mass is 16.5. The molecule has 2 aromatic rings. The first-order valence-electron chi connectivity index (χ1n) is 8.00. The van der Waals surface area contributed by atoms with Crippen LogP contribution in [0, 0.1) is 0 Å². The zero-order valence-corrected chi connectivity index (χ0v) is 13.8. The second-order valence-electron chi connectivity index (χ2n) is 5.71. The Kier molecular flexibility index (Phi) is 4.56. The minimum absolute atomic E-state index is 0.0569. The van der Waals surface area contributed by atoms with E-state index in [-0.39, 0.29) is 5.56 Å². The first kappa shape index (κ1) is 16.8. The molecule has 1 aromatic carbocycles. The summed E-state index contributed by atoms with van der Waals surface area (Å²) in [4.78, 5) is 37.8. The van der Waals surface area contributed by atoms with Crippen LogP contribution in [-0.2, 0) is 17.8 Å². The molecule has 7 nitrogen and oxygen atoms in total. The van der Waals surface area contributed by atoms with Gasteiger partial charge in [0.25, 0.3) is 11.5 Å². The third-order valence-electron chi connectivity index (χ3n) is 4.10. The number of anilines is 1. The van der Waals surface area contributed by atoms with Gasteiger partial charge in [-0.15, -0.1) is 0 Å². The van der Waals surface area contributed by atoms with E-state index in [0.29, 0.717) is 24.6 Å².